The molecule has 5 nitrogen and oxygen atoms in total. The summed E-state index contributed by atoms with van der Waals surface area (Å²) in [6, 6.07) is 6.29. The maximum Gasteiger partial charge on any atom is 0.329 e. The minimum Gasteiger partial charge on any atom is -0.480 e. The molecule has 1 atom stereocenters. The molecule has 0 aliphatic carbocycles. The number of carbonyl (C=O) groups is 1. The van der Waals surface area contributed by atoms with Gasteiger partial charge in [-0.3, -0.25) is 0 Å². The molecule has 1 N–H and O–H groups in total. The molecule has 0 aliphatic heterocycles. The van der Waals surface area contributed by atoms with Gasteiger partial charge in [-0.15, -0.1) is 0 Å². The molecule has 6 heteroatoms. The van der Waals surface area contributed by atoms with Gasteiger partial charge in [-0.2, -0.15) is 0 Å². The minimum absolute atomic E-state index is 0.0530. The first-order valence-electron chi connectivity index (χ1n) is 5.53. The van der Waals surface area contributed by atoms with E-state index in [1.165, 1.54) is 12.1 Å². The zero-order chi connectivity index (χ0) is 13.8. The quantitative estimate of drug-likeness (QED) is 0.851. The van der Waals surface area contributed by atoms with Gasteiger partial charge in [0.1, 0.15) is 6.61 Å². The zero-order valence-electron chi connectivity index (χ0n) is 10.3. The first-order chi connectivity index (χ1) is 8.36. The van der Waals surface area contributed by atoms with Gasteiger partial charge in [0.25, 0.3) is 0 Å². The fraction of sp³-hybridized carbons (Fsp3) is 0.417. The molecule has 0 bridgehead atoms. The van der Waals surface area contributed by atoms with Crippen LogP contribution in [0.5, 0.6) is 0 Å². The lowest BCUT2D eigenvalue weighted by Crippen LogP contribution is -2.10. The molecular weight excluding hydrogens is 256 g/mol. The third-order valence-corrected chi connectivity index (χ3v) is 4.30. The van der Waals surface area contributed by atoms with Crippen LogP contribution in [0.15, 0.2) is 29.2 Å². The second kappa shape index (κ2) is 5.97. The Morgan fingerprint density at radius 1 is 1.33 bits per heavy atom. The maximum absolute atomic E-state index is 11.6. The Hall–Kier alpha value is -1.40. The normalized spacial score (nSPS) is 13.2. The summed E-state index contributed by atoms with van der Waals surface area (Å²) in [6.07, 6.45) is -0.389. The summed E-state index contributed by atoms with van der Waals surface area (Å²) < 4.78 is 28.3. The van der Waals surface area contributed by atoms with E-state index in [-0.39, 0.29) is 23.4 Å². The molecule has 0 heterocycles. The van der Waals surface area contributed by atoms with Gasteiger partial charge < -0.3 is 9.84 Å². The van der Waals surface area contributed by atoms with Gasteiger partial charge in [0.2, 0.25) is 0 Å². The van der Waals surface area contributed by atoms with Crippen molar-refractivity contribution >= 4 is 15.8 Å². The fourth-order valence-corrected chi connectivity index (χ4v) is 2.29. The van der Waals surface area contributed by atoms with Crippen molar-refractivity contribution in [2.45, 2.75) is 24.8 Å². The highest BCUT2D eigenvalue weighted by Crippen LogP contribution is 2.19. The first kappa shape index (κ1) is 14.7. The van der Waals surface area contributed by atoms with E-state index in [2.05, 4.69) is 0 Å². The van der Waals surface area contributed by atoms with Crippen molar-refractivity contribution in [1.29, 1.82) is 0 Å². The van der Waals surface area contributed by atoms with Crippen LogP contribution >= 0.6 is 0 Å². The van der Waals surface area contributed by atoms with Crippen LogP contribution in [0.3, 0.4) is 0 Å². The highest BCUT2D eigenvalue weighted by atomic mass is 32.2. The van der Waals surface area contributed by atoms with Crippen molar-refractivity contribution in [3.63, 3.8) is 0 Å². The van der Waals surface area contributed by atoms with E-state index >= 15 is 0 Å². The SMILES string of the molecule is CCS(=O)(=O)c1ccc(C(C)OCC(=O)O)cc1. The summed E-state index contributed by atoms with van der Waals surface area (Å²) in [5, 5.41) is 8.49. The number of rotatable bonds is 6. The Bertz CT molecular complexity index is 504. The molecule has 1 aromatic carbocycles. The minimum atomic E-state index is -3.20. The number of sulfone groups is 1. The van der Waals surface area contributed by atoms with Gasteiger partial charge in [-0.05, 0) is 24.6 Å². The largest absolute Gasteiger partial charge is 0.480 e. The smallest absolute Gasteiger partial charge is 0.329 e. The van der Waals surface area contributed by atoms with Crippen LogP contribution in [0.1, 0.15) is 25.5 Å². The molecule has 0 aromatic heterocycles. The zero-order valence-corrected chi connectivity index (χ0v) is 11.1. The Kier molecular flexibility index (Phi) is 4.86. The molecule has 0 saturated heterocycles. The molecule has 0 saturated carbocycles. The van der Waals surface area contributed by atoms with Gasteiger partial charge in [0.15, 0.2) is 9.84 Å². The maximum atomic E-state index is 11.6. The number of carboxylic acids is 1. The first-order valence-corrected chi connectivity index (χ1v) is 7.18. The van der Waals surface area contributed by atoms with Crippen LogP contribution in [0.2, 0.25) is 0 Å². The van der Waals surface area contributed by atoms with E-state index in [9.17, 15) is 13.2 Å². The molecule has 1 unspecified atom stereocenters. The lowest BCUT2D eigenvalue weighted by molar-refractivity contribution is -0.144. The van der Waals surface area contributed by atoms with Crippen LogP contribution < -0.4 is 0 Å². The van der Waals surface area contributed by atoms with Crippen LogP contribution in [0.4, 0.5) is 0 Å². The van der Waals surface area contributed by atoms with Crippen LogP contribution in [0.25, 0.3) is 0 Å². The van der Waals surface area contributed by atoms with Crippen LogP contribution in [-0.2, 0) is 19.4 Å². The Balaban J connectivity index is 2.80. The van der Waals surface area contributed by atoms with Gasteiger partial charge in [-0.25, -0.2) is 13.2 Å². The second-order valence-electron chi connectivity index (χ2n) is 3.82. The number of carboxylic acid groups (broad SMARTS) is 1. The number of aliphatic carboxylic acids is 1. The van der Waals surface area contributed by atoms with E-state index in [0.717, 1.165) is 5.56 Å². The average Bonchev–Trinajstić information content (AvgIpc) is 2.36. The molecule has 0 amide bonds. The van der Waals surface area contributed by atoms with Gasteiger partial charge in [-0.1, -0.05) is 19.1 Å². The van der Waals surface area contributed by atoms with Crippen molar-refractivity contribution in [1.82, 2.24) is 0 Å². The number of hydrogen-bond acceptors (Lipinski definition) is 4. The van der Waals surface area contributed by atoms with E-state index in [1.54, 1.807) is 26.0 Å². The lowest BCUT2D eigenvalue weighted by Gasteiger charge is -2.12. The molecule has 100 valence electrons. The van der Waals surface area contributed by atoms with Gasteiger partial charge >= 0.3 is 5.97 Å². The average molecular weight is 272 g/mol. The predicted octanol–water partition coefficient (Wildman–Crippen LogP) is 1.64. The fourth-order valence-electron chi connectivity index (χ4n) is 1.41. The van der Waals surface area contributed by atoms with Gasteiger partial charge in [0.05, 0.1) is 16.8 Å². The summed E-state index contributed by atoms with van der Waals surface area (Å²) in [7, 11) is -3.20. The van der Waals surface area contributed by atoms with Crippen LogP contribution in [-0.4, -0.2) is 31.9 Å². The van der Waals surface area contributed by atoms with Crippen LogP contribution in [0, 0.1) is 0 Å². The molecule has 1 rings (SSSR count). The van der Waals surface area contributed by atoms with E-state index in [1.807, 2.05) is 0 Å². The molecule has 0 aliphatic rings. The second-order valence-corrected chi connectivity index (χ2v) is 6.10. The predicted molar refractivity (Wildman–Crippen MR) is 66.2 cm³/mol. The van der Waals surface area contributed by atoms with Crippen molar-refractivity contribution in [2.75, 3.05) is 12.4 Å². The topological polar surface area (TPSA) is 80.7 Å². The molecule has 0 fully saturated rings. The van der Waals surface area contributed by atoms with Gasteiger partial charge in [0, 0.05) is 0 Å². The Labute approximate surface area is 106 Å². The van der Waals surface area contributed by atoms with E-state index < -0.39 is 15.8 Å². The van der Waals surface area contributed by atoms with Crippen molar-refractivity contribution in [3.8, 4) is 0 Å². The summed E-state index contributed by atoms with van der Waals surface area (Å²) in [4.78, 5) is 10.6. The summed E-state index contributed by atoms with van der Waals surface area (Å²) >= 11 is 0. The highest BCUT2D eigenvalue weighted by Gasteiger charge is 2.13. The molecule has 18 heavy (non-hydrogen) atoms. The summed E-state index contributed by atoms with van der Waals surface area (Å²) in [5.41, 5.74) is 0.742. The summed E-state index contributed by atoms with van der Waals surface area (Å²) in [6.45, 7) is 2.92. The third-order valence-electron chi connectivity index (χ3n) is 2.55. The Morgan fingerprint density at radius 2 is 1.89 bits per heavy atom. The molecular formula is C12H16O5S. The molecule has 0 radical (unpaired) electrons. The van der Waals surface area contributed by atoms with E-state index in [4.69, 9.17) is 9.84 Å². The third kappa shape index (κ3) is 3.82. The summed E-state index contributed by atoms with van der Waals surface area (Å²) in [5.74, 6) is -0.982. The monoisotopic (exact) mass is 272 g/mol. The number of ether oxygens (including phenoxy) is 1. The highest BCUT2D eigenvalue weighted by molar-refractivity contribution is 7.91. The van der Waals surface area contributed by atoms with Crippen molar-refractivity contribution in [3.05, 3.63) is 29.8 Å². The standard InChI is InChI=1S/C12H16O5S/c1-3-18(15,16)11-6-4-10(5-7-11)9(2)17-8-12(13)14/h4-7,9H,3,8H2,1-2H3,(H,13,14). The molecule has 0 spiro atoms. The number of hydrogen-bond donors (Lipinski definition) is 1. The number of benzene rings is 1. The molecule has 1 aromatic rings. The lowest BCUT2D eigenvalue weighted by atomic mass is 10.1. The van der Waals surface area contributed by atoms with E-state index in [0.29, 0.717) is 0 Å². The Morgan fingerprint density at radius 3 is 2.33 bits per heavy atom. The van der Waals surface area contributed by atoms with Crippen molar-refractivity contribution < 1.29 is 23.1 Å². The van der Waals surface area contributed by atoms with Crippen molar-refractivity contribution in [2.24, 2.45) is 0 Å².